The highest BCUT2D eigenvalue weighted by Gasteiger charge is 2.48. The van der Waals surface area contributed by atoms with E-state index in [4.69, 9.17) is 0 Å². The topological polar surface area (TPSA) is 52.7 Å². The number of hydrogen-bond donors (Lipinski definition) is 1. The van der Waals surface area contributed by atoms with Crippen molar-refractivity contribution < 1.29 is 9.59 Å². The minimum atomic E-state index is -0.114. The fourth-order valence-corrected chi connectivity index (χ4v) is 4.01. The molecule has 2 aliphatic rings. The van der Waals surface area contributed by atoms with Crippen LogP contribution in [0.5, 0.6) is 0 Å². The number of rotatable bonds is 3. The van der Waals surface area contributed by atoms with E-state index < -0.39 is 0 Å². The summed E-state index contributed by atoms with van der Waals surface area (Å²) in [4.78, 5) is 28.8. The number of amides is 3. The first-order valence-electron chi connectivity index (χ1n) is 9.07. The van der Waals surface area contributed by atoms with Crippen LogP contribution in [0, 0.1) is 5.41 Å². The molecule has 0 saturated carbocycles. The molecule has 5 heteroatoms. The van der Waals surface area contributed by atoms with E-state index >= 15 is 0 Å². The van der Waals surface area contributed by atoms with Crippen LogP contribution in [0.1, 0.15) is 18.4 Å². The number of anilines is 1. The monoisotopic (exact) mass is 349 g/mol. The molecule has 4 rings (SSSR count). The molecular formula is C21H23N3O2. The number of carbonyl (C=O) groups excluding carboxylic acids is 2. The molecule has 1 atom stereocenters. The molecule has 5 nitrogen and oxygen atoms in total. The Balaban J connectivity index is 1.37. The molecule has 0 bridgehead atoms. The van der Waals surface area contributed by atoms with Crippen LogP contribution in [0.15, 0.2) is 60.7 Å². The molecular weight excluding hydrogens is 326 g/mol. The second kappa shape index (κ2) is 6.83. The Morgan fingerprint density at radius 2 is 1.69 bits per heavy atom. The Labute approximate surface area is 153 Å². The van der Waals surface area contributed by atoms with Gasteiger partial charge in [-0.25, -0.2) is 4.79 Å². The zero-order valence-corrected chi connectivity index (χ0v) is 14.7. The Bertz CT molecular complexity index is 793. The fourth-order valence-electron chi connectivity index (χ4n) is 4.01. The third-order valence-electron chi connectivity index (χ3n) is 5.40. The Morgan fingerprint density at radius 1 is 1.00 bits per heavy atom. The summed E-state index contributed by atoms with van der Waals surface area (Å²) in [6, 6.07) is 19.6. The van der Waals surface area contributed by atoms with Crippen molar-refractivity contribution in [2.45, 2.75) is 19.4 Å². The number of nitrogens with zero attached hydrogens (tertiary/aromatic N) is 2. The third kappa shape index (κ3) is 3.29. The van der Waals surface area contributed by atoms with E-state index in [0.29, 0.717) is 32.6 Å². The summed E-state index contributed by atoms with van der Waals surface area (Å²) >= 11 is 0. The van der Waals surface area contributed by atoms with Crippen molar-refractivity contribution in [3.8, 4) is 0 Å². The summed E-state index contributed by atoms with van der Waals surface area (Å²) < 4.78 is 0. The van der Waals surface area contributed by atoms with Gasteiger partial charge < -0.3 is 15.1 Å². The third-order valence-corrected chi connectivity index (χ3v) is 5.40. The normalized spacial score (nSPS) is 22.2. The van der Waals surface area contributed by atoms with E-state index in [9.17, 15) is 9.59 Å². The molecule has 2 fully saturated rings. The quantitative estimate of drug-likeness (QED) is 0.926. The van der Waals surface area contributed by atoms with E-state index in [2.05, 4.69) is 5.32 Å². The minimum absolute atomic E-state index is 0.0451. The molecule has 1 N–H and O–H groups in total. The zero-order chi connectivity index (χ0) is 18.0. The maximum Gasteiger partial charge on any atom is 0.317 e. The van der Waals surface area contributed by atoms with Crippen LogP contribution in [-0.4, -0.2) is 36.5 Å². The van der Waals surface area contributed by atoms with Crippen LogP contribution in [0.3, 0.4) is 0 Å². The molecule has 0 unspecified atom stereocenters. The van der Waals surface area contributed by atoms with E-state index in [1.54, 1.807) is 0 Å². The highest BCUT2D eigenvalue weighted by atomic mass is 16.2. The van der Waals surface area contributed by atoms with Gasteiger partial charge in [-0.2, -0.15) is 0 Å². The zero-order valence-electron chi connectivity index (χ0n) is 14.7. The Hall–Kier alpha value is -2.82. The molecule has 26 heavy (non-hydrogen) atoms. The second-order valence-corrected chi connectivity index (χ2v) is 7.31. The number of hydrogen-bond acceptors (Lipinski definition) is 2. The molecule has 2 aromatic carbocycles. The molecule has 0 radical (unpaired) electrons. The van der Waals surface area contributed by atoms with Gasteiger partial charge in [0.25, 0.3) is 0 Å². The molecule has 0 aromatic heterocycles. The first-order valence-corrected chi connectivity index (χ1v) is 9.07. The fraction of sp³-hybridized carbons (Fsp3) is 0.333. The first kappa shape index (κ1) is 16.6. The smallest absolute Gasteiger partial charge is 0.317 e. The average molecular weight is 349 g/mol. The molecule has 0 aliphatic carbocycles. The first-order chi connectivity index (χ1) is 12.7. The van der Waals surface area contributed by atoms with Gasteiger partial charge in [0, 0.05) is 43.7 Å². The Kier molecular flexibility index (Phi) is 4.37. The molecule has 2 heterocycles. The summed E-state index contributed by atoms with van der Waals surface area (Å²) in [6.07, 6.45) is 1.39. The van der Waals surface area contributed by atoms with Crippen molar-refractivity contribution >= 4 is 17.6 Å². The van der Waals surface area contributed by atoms with Crippen LogP contribution in [0.25, 0.3) is 0 Å². The number of nitrogens with one attached hydrogen (secondary N) is 1. The highest BCUT2D eigenvalue weighted by Crippen LogP contribution is 2.41. The van der Waals surface area contributed by atoms with Gasteiger partial charge in [-0.1, -0.05) is 48.5 Å². The molecule has 1 spiro atoms. The maximum atomic E-state index is 12.5. The van der Waals surface area contributed by atoms with Crippen LogP contribution in [0.4, 0.5) is 10.5 Å². The van der Waals surface area contributed by atoms with E-state index in [1.165, 1.54) is 0 Å². The van der Waals surface area contributed by atoms with Gasteiger partial charge in [0.05, 0.1) is 0 Å². The Morgan fingerprint density at radius 3 is 2.42 bits per heavy atom. The standard InChI is InChI=1S/C21H23N3O2/c25-19-13-21(16-24(19)18-9-5-2-6-10-18)11-12-23(15-21)20(26)22-14-17-7-3-1-4-8-17/h1-10H,11-16H2,(H,22,26)/t21-/m0/s1. The number of likely N-dealkylation sites (tertiary alicyclic amines) is 1. The largest absolute Gasteiger partial charge is 0.334 e. The molecule has 2 saturated heterocycles. The van der Waals surface area contributed by atoms with Gasteiger partial charge in [-0.15, -0.1) is 0 Å². The van der Waals surface area contributed by atoms with Crippen LogP contribution < -0.4 is 10.2 Å². The average Bonchev–Trinajstić information content (AvgIpc) is 3.24. The maximum absolute atomic E-state index is 12.5. The summed E-state index contributed by atoms with van der Waals surface area (Å²) in [7, 11) is 0. The van der Waals surface area contributed by atoms with Crippen molar-refractivity contribution in [3.05, 3.63) is 66.2 Å². The molecule has 134 valence electrons. The summed E-state index contributed by atoms with van der Waals surface area (Å²) in [5.41, 5.74) is 1.92. The van der Waals surface area contributed by atoms with Gasteiger partial charge in [-0.3, -0.25) is 4.79 Å². The SMILES string of the molecule is O=C(NCc1ccccc1)N1CC[C@]2(CC(=O)N(c3ccccc3)C2)C1. The van der Waals surface area contributed by atoms with Crippen LogP contribution >= 0.6 is 0 Å². The van der Waals surface area contributed by atoms with Crippen molar-refractivity contribution in [1.82, 2.24) is 10.2 Å². The van der Waals surface area contributed by atoms with Crippen molar-refractivity contribution in [2.75, 3.05) is 24.5 Å². The van der Waals surface area contributed by atoms with Gasteiger partial charge >= 0.3 is 6.03 Å². The lowest BCUT2D eigenvalue weighted by molar-refractivity contribution is -0.117. The summed E-state index contributed by atoms with van der Waals surface area (Å²) in [6.45, 7) is 2.57. The number of urea groups is 1. The van der Waals surface area contributed by atoms with Gasteiger partial charge in [0.15, 0.2) is 0 Å². The van der Waals surface area contributed by atoms with Crippen molar-refractivity contribution in [2.24, 2.45) is 5.41 Å². The lowest BCUT2D eigenvalue weighted by atomic mass is 9.86. The van der Waals surface area contributed by atoms with Crippen LogP contribution in [0.2, 0.25) is 0 Å². The molecule has 2 aromatic rings. The summed E-state index contributed by atoms with van der Waals surface area (Å²) in [5, 5.41) is 2.99. The summed E-state index contributed by atoms with van der Waals surface area (Å²) in [5.74, 6) is 0.155. The predicted octanol–water partition coefficient (Wildman–Crippen LogP) is 3.03. The van der Waals surface area contributed by atoms with Gasteiger partial charge in [-0.05, 0) is 24.1 Å². The lowest BCUT2D eigenvalue weighted by Crippen LogP contribution is -2.40. The van der Waals surface area contributed by atoms with E-state index in [1.807, 2.05) is 70.5 Å². The van der Waals surface area contributed by atoms with E-state index in [-0.39, 0.29) is 17.4 Å². The van der Waals surface area contributed by atoms with Crippen molar-refractivity contribution in [3.63, 3.8) is 0 Å². The number of para-hydroxylation sites is 1. The van der Waals surface area contributed by atoms with Crippen molar-refractivity contribution in [1.29, 1.82) is 0 Å². The lowest BCUT2D eigenvalue weighted by Gasteiger charge is -2.24. The molecule has 3 amide bonds. The minimum Gasteiger partial charge on any atom is -0.334 e. The van der Waals surface area contributed by atoms with Gasteiger partial charge in [0.2, 0.25) is 5.91 Å². The highest BCUT2D eigenvalue weighted by molar-refractivity contribution is 5.96. The van der Waals surface area contributed by atoms with Gasteiger partial charge in [0.1, 0.15) is 0 Å². The predicted molar refractivity (Wildman–Crippen MR) is 101 cm³/mol. The van der Waals surface area contributed by atoms with E-state index in [0.717, 1.165) is 17.7 Å². The van der Waals surface area contributed by atoms with Crippen LogP contribution in [-0.2, 0) is 11.3 Å². The number of carbonyl (C=O) groups is 2. The molecule has 2 aliphatic heterocycles. The second-order valence-electron chi connectivity index (χ2n) is 7.31. The number of benzene rings is 2.